The van der Waals surface area contributed by atoms with E-state index in [1.54, 1.807) is 0 Å². The predicted molar refractivity (Wildman–Crippen MR) is 73.5 cm³/mol. The van der Waals surface area contributed by atoms with Crippen LogP contribution in [-0.2, 0) is 19.1 Å². The first-order chi connectivity index (χ1) is 9.37. The summed E-state index contributed by atoms with van der Waals surface area (Å²) in [5, 5.41) is 37.6. The molecule has 0 aliphatic rings. The number of ether oxygens (including phenoxy) is 2. The highest BCUT2D eigenvalue weighted by atomic mass is 79.9. The van der Waals surface area contributed by atoms with E-state index < -0.39 is 49.6 Å². The monoisotopic (exact) mass is 422 g/mol. The molecule has 4 N–H and O–H groups in total. The molecule has 0 aromatic carbocycles. The van der Waals surface area contributed by atoms with Crippen LogP contribution in [0, 0.1) is 0 Å². The van der Waals surface area contributed by atoms with Gasteiger partial charge in [0.05, 0.1) is 6.61 Å². The number of hydrogen-bond acceptors (Lipinski definition) is 8. The highest BCUT2D eigenvalue weighted by Gasteiger charge is 2.33. The summed E-state index contributed by atoms with van der Waals surface area (Å²) in [4.78, 5) is 21.9. The maximum atomic E-state index is 11.0. The van der Waals surface area contributed by atoms with Crippen LogP contribution in [0.1, 0.15) is 0 Å². The number of carbonyl (C=O) groups excluding carboxylic acids is 2. The molecule has 0 bridgehead atoms. The zero-order chi connectivity index (χ0) is 15.7. The van der Waals surface area contributed by atoms with Crippen LogP contribution < -0.4 is 0 Å². The lowest BCUT2D eigenvalue weighted by atomic mass is 10.0. The van der Waals surface area contributed by atoms with E-state index in [0.29, 0.717) is 0 Å². The molecule has 0 aromatic heterocycles. The van der Waals surface area contributed by atoms with Crippen molar-refractivity contribution in [2.75, 3.05) is 23.9 Å². The maximum absolute atomic E-state index is 11.0. The fourth-order valence-electron chi connectivity index (χ4n) is 1.18. The molecule has 0 aromatic rings. The Morgan fingerprint density at radius 1 is 1.00 bits per heavy atom. The fourth-order valence-corrected chi connectivity index (χ4v) is 1.47. The normalized spacial score (nSPS) is 16.9. The van der Waals surface area contributed by atoms with Crippen LogP contribution in [0.2, 0.25) is 0 Å². The Balaban J connectivity index is 4.43. The Kier molecular flexibility index (Phi) is 10.3. The molecule has 0 aliphatic heterocycles. The van der Waals surface area contributed by atoms with Crippen molar-refractivity contribution >= 4 is 43.8 Å². The average Bonchev–Trinajstić information content (AvgIpc) is 2.47. The van der Waals surface area contributed by atoms with Crippen LogP contribution in [0.5, 0.6) is 0 Å². The second kappa shape index (κ2) is 10.5. The highest BCUT2D eigenvalue weighted by Crippen LogP contribution is 2.10. The molecule has 0 unspecified atom stereocenters. The molecule has 0 amide bonds. The van der Waals surface area contributed by atoms with Gasteiger partial charge in [0, 0.05) is 0 Å². The van der Waals surface area contributed by atoms with Gasteiger partial charge in [-0.3, -0.25) is 9.59 Å². The topological polar surface area (TPSA) is 134 Å². The summed E-state index contributed by atoms with van der Waals surface area (Å²) in [7, 11) is 0. The van der Waals surface area contributed by atoms with Gasteiger partial charge in [0.15, 0.2) is 6.10 Å². The molecule has 4 atom stereocenters. The van der Waals surface area contributed by atoms with E-state index in [0.717, 1.165) is 0 Å². The van der Waals surface area contributed by atoms with Gasteiger partial charge in [-0.15, -0.1) is 0 Å². The van der Waals surface area contributed by atoms with E-state index in [1.807, 2.05) is 0 Å². The van der Waals surface area contributed by atoms with E-state index in [2.05, 4.69) is 41.3 Å². The molecule has 0 aliphatic carbocycles. The summed E-state index contributed by atoms with van der Waals surface area (Å²) >= 11 is 5.66. The molecule has 0 rings (SSSR count). The number of aliphatic hydroxyl groups is 4. The molecule has 0 heterocycles. The van der Waals surface area contributed by atoms with E-state index in [9.17, 15) is 24.9 Å². The van der Waals surface area contributed by atoms with Crippen molar-refractivity contribution in [3.05, 3.63) is 0 Å². The van der Waals surface area contributed by atoms with Gasteiger partial charge < -0.3 is 29.9 Å². The van der Waals surface area contributed by atoms with E-state index in [-0.39, 0.29) is 10.7 Å². The largest absolute Gasteiger partial charge is 0.462 e. The highest BCUT2D eigenvalue weighted by molar-refractivity contribution is 9.09. The first kappa shape index (κ1) is 19.7. The van der Waals surface area contributed by atoms with Crippen molar-refractivity contribution in [1.82, 2.24) is 0 Å². The molecule has 20 heavy (non-hydrogen) atoms. The van der Waals surface area contributed by atoms with Gasteiger partial charge in [-0.1, -0.05) is 31.9 Å². The van der Waals surface area contributed by atoms with E-state index in [1.165, 1.54) is 0 Å². The SMILES string of the molecule is O=C(CBr)OC[C@H](O)[C@@H](O)[C@H](O)[C@@H](CO)OC(=O)CBr. The number of alkyl halides is 2. The van der Waals surface area contributed by atoms with E-state index in [4.69, 9.17) is 5.11 Å². The van der Waals surface area contributed by atoms with Gasteiger partial charge in [-0.25, -0.2) is 0 Å². The number of aliphatic hydroxyl groups excluding tert-OH is 4. The van der Waals surface area contributed by atoms with Crippen LogP contribution in [0.15, 0.2) is 0 Å². The molecule has 0 saturated heterocycles. The first-order valence-electron chi connectivity index (χ1n) is 5.49. The first-order valence-corrected chi connectivity index (χ1v) is 7.73. The number of carbonyl (C=O) groups is 2. The molecule has 0 spiro atoms. The second-order valence-electron chi connectivity index (χ2n) is 3.71. The minimum Gasteiger partial charge on any atom is -0.462 e. The van der Waals surface area contributed by atoms with Gasteiger partial charge in [-0.05, 0) is 0 Å². The molecule has 8 nitrogen and oxygen atoms in total. The summed E-state index contributed by atoms with van der Waals surface area (Å²) in [6, 6.07) is 0. The fraction of sp³-hybridized carbons (Fsp3) is 0.800. The summed E-state index contributed by atoms with van der Waals surface area (Å²) in [6.07, 6.45) is -6.50. The molecular formula is C10H16Br2O8. The maximum Gasteiger partial charge on any atom is 0.317 e. The van der Waals surface area contributed by atoms with Crippen LogP contribution >= 0.6 is 31.9 Å². The van der Waals surface area contributed by atoms with Crippen LogP contribution in [-0.4, -0.2) is 80.7 Å². The summed E-state index contributed by atoms with van der Waals surface area (Å²) in [6.45, 7) is -1.29. The van der Waals surface area contributed by atoms with E-state index >= 15 is 0 Å². The van der Waals surface area contributed by atoms with Crippen molar-refractivity contribution in [3.63, 3.8) is 0 Å². The molecular weight excluding hydrogens is 408 g/mol. The Morgan fingerprint density at radius 2 is 1.55 bits per heavy atom. The van der Waals surface area contributed by atoms with Gasteiger partial charge in [0.2, 0.25) is 0 Å². The minimum atomic E-state index is -1.77. The Labute approximate surface area is 131 Å². The van der Waals surface area contributed by atoms with Gasteiger partial charge in [0.1, 0.15) is 35.6 Å². The quantitative estimate of drug-likeness (QED) is 0.255. The lowest BCUT2D eigenvalue weighted by Gasteiger charge is -2.27. The van der Waals surface area contributed by atoms with Gasteiger partial charge >= 0.3 is 11.9 Å². The third-order valence-electron chi connectivity index (χ3n) is 2.22. The standard InChI is InChI=1S/C10H16Br2O8/c11-1-7(15)19-4-5(14)9(17)10(18)6(3-13)20-8(16)2-12/h5-6,9-10,13-14,17-18H,1-4H2/t5-,6+,9+,10+/m0/s1. The summed E-state index contributed by atoms with van der Waals surface area (Å²) in [5.41, 5.74) is 0. The lowest BCUT2D eigenvalue weighted by molar-refractivity contribution is -0.170. The Bertz CT molecular complexity index is 314. The van der Waals surface area contributed by atoms with Crippen LogP contribution in [0.3, 0.4) is 0 Å². The molecule has 0 fully saturated rings. The Hall–Kier alpha value is -0.260. The van der Waals surface area contributed by atoms with Crippen molar-refractivity contribution in [2.24, 2.45) is 0 Å². The third kappa shape index (κ3) is 6.95. The number of hydrogen-bond donors (Lipinski definition) is 4. The Morgan fingerprint density at radius 3 is 2.00 bits per heavy atom. The second-order valence-corrected chi connectivity index (χ2v) is 4.83. The third-order valence-corrected chi connectivity index (χ3v) is 3.14. The van der Waals surface area contributed by atoms with Crippen LogP contribution in [0.4, 0.5) is 0 Å². The number of rotatable bonds is 9. The number of esters is 2. The molecule has 10 heteroatoms. The molecule has 0 radical (unpaired) electrons. The van der Waals surface area contributed by atoms with Gasteiger partial charge in [-0.2, -0.15) is 0 Å². The molecule has 0 saturated carbocycles. The minimum absolute atomic E-state index is 0.0828. The van der Waals surface area contributed by atoms with Crippen molar-refractivity contribution in [1.29, 1.82) is 0 Å². The number of halogens is 2. The van der Waals surface area contributed by atoms with Crippen LogP contribution in [0.25, 0.3) is 0 Å². The smallest absolute Gasteiger partial charge is 0.317 e. The lowest BCUT2D eigenvalue weighted by Crippen LogP contribution is -2.49. The van der Waals surface area contributed by atoms with Crippen molar-refractivity contribution in [3.8, 4) is 0 Å². The zero-order valence-corrected chi connectivity index (χ0v) is 13.5. The van der Waals surface area contributed by atoms with Gasteiger partial charge in [0.25, 0.3) is 0 Å². The average molecular weight is 424 g/mol. The van der Waals surface area contributed by atoms with Crippen molar-refractivity contribution < 1.29 is 39.5 Å². The predicted octanol–water partition coefficient (Wildman–Crippen LogP) is -1.69. The summed E-state index contributed by atoms with van der Waals surface area (Å²) < 4.78 is 9.21. The summed E-state index contributed by atoms with van der Waals surface area (Å²) in [5.74, 6) is -1.41. The van der Waals surface area contributed by atoms with Crippen molar-refractivity contribution in [2.45, 2.75) is 24.4 Å². The molecule has 118 valence electrons. The zero-order valence-electron chi connectivity index (χ0n) is 10.3.